The third-order valence-corrected chi connectivity index (χ3v) is 11.8. The van der Waals surface area contributed by atoms with Crippen LogP contribution in [0.1, 0.15) is 22.4 Å². The van der Waals surface area contributed by atoms with E-state index in [9.17, 15) is 32.0 Å². The number of anilines is 1. The van der Waals surface area contributed by atoms with Crippen LogP contribution in [-0.4, -0.2) is 128 Å². The van der Waals surface area contributed by atoms with Crippen molar-refractivity contribution in [2.75, 3.05) is 89.0 Å². The van der Waals surface area contributed by atoms with E-state index in [0.717, 1.165) is 48.6 Å². The molecule has 16 heteroatoms. The van der Waals surface area contributed by atoms with Gasteiger partial charge in [-0.1, -0.05) is 18.2 Å². The number of alkyl halides is 3. The summed E-state index contributed by atoms with van der Waals surface area (Å²) in [6.07, 6.45) is -3.83. The van der Waals surface area contributed by atoms with Gasteiger partial charge in [-0.3, -0.25) is 14.5 Å². The van der Waals surface area contributed by atoms with E-state index in [0.29, 0.717) is 87.0 Å². The van der Waals surface area contributed by atoms with Crippen LogP contribution in [0.5, 0.6) is 0 Å². The zero-order valence-electron chi connectivity index (χ0n) is 28.0. The molecule has 0 saturated carbocycles. The molecule has 2 aromatic carbocycles. The highest BCUT2D eigenvalue weighted by atomic mass is 32.2. The molecule has 4 heterocycles. The minimum atomic E-state index is -4.54. The Balaban J connectivity index is 1.21. The summed E-state index contributed by atoms with van der Waals surface area (Å²) in [5.74, 6) is 0.465. The van der Waals surface area contributed by atoms with Gasteiger partial charge in [-0.2, -0.15) is 27.8 Å². The lowest BCUT2D eigenvalue weighted by Crippen LogP contribution is -2.49. The standard InChI is InChI=1S/C34H42F3N7O4S2/c1-50(46,47)43-9-8-31-28(24-43)33(25-6-7-29(34(35,36)37)32(20-25)49-19-16-40-14-17-48-18-15-40)39-44(31)23-27(45)22-41-10-12-42(13-11-41)30-5-3-2-4-26(30)21-38/h2-7,20,27,45H,8-19,22-24H2,1H3. The Morgan fingerprint density at radius 2 is 1.76 bits per heavy atom. The lowest BCUT2D eigenvalue weighted by Gasteiger charge is -2.37. The van der Waals surface area contributed by atoms with Gasteiger partial charge in [-0.05, 0) is 24.3 Å². The van der Waals surface area contributed by atoms with E-state index < -0.39 is 27.9 Å². The van der Waals surface area contributed by atoms with Gasteiger partial charge in [0.2, 0.25) is 10.0 Å². The number of nitrogens with zero attached hydrogens (tertiary/aromatic N) is 7. The van der Waals surface area contributed by atoms with Crippen molar-refractivity contribution in [2.45, 2.75) is 36.7 Å². The molecule has 1 aromatic heterocycles. The molecule has 0 radical (unpaired) electrons. The van der Waals surface area contributed by atoms with Gasteiger partial charge >= 0.3 is 6.18 Å². The Morgan fingerprint density at radius 3 is 2.46 bits per heavy atom. The molecule has 0 aliphatic carbocycles. The summed E-state index contributed by atoms with van der Waals surface area (Å²) in [5, 5.41) is 25.6. The van der Waals surface area contributed by atoms with E-state index in [4.69, 9.17) is 9.84 Å². The van der Waals surface area contributed by atoms with E-state index in [1.54, 1.807) is 10.7 Å². The van der Waals surface area contributed by atoms with E-state index >= 15 is 0 Å². The Morgan fingerprint density at radius 1 is 1.02 bits per heavy atom. The first-order valence-electron chi connectivity index (χ1n) is 16.7. The first kappa shape index (κ1) is 36.6. The first-order valence-corrected chi connectivity index (χ1v) is 19.6. The minimum Gasteiger partial charge on any atom is -0.390 e. The second kappa shape index (κ2) is 15.6. The number of thioether (sulfide) groups is 1. The van der Waals surface area contributed by atoms with Gasteiger partial charge in [-0.25, -0.2) is 8.42 Å². The van der Waals surface area contributed by atoms with Crippen LogP contribution in [-0.2, 0) is 40.4 Å². The fourth-order valence-corrected chi connectivity index (χ4v) is 8.74. The Labute approximate surface area is 295 Å². The van der Waals surface area contributed by atoms with Gasteiger partial charge < -0.3 is 14.7 Å². The molecule has 1 N–H and O–H groups in total. The van der Waals surface area contributed by atoms with Crippen molar-refractivity contribution in [1.29, 1.82) is 5.26 Å². The van der Waals surface area contributed by atoms with E-state index in [-0.39, 0.29) is 24.5 Å². The van der Waals surface area contributed by atoms with Crippen LogP contribution in [0.3, 0.4) is 0 Å². The number of ether oxygens (including phenoxy) is 1. The molecule has 3 aliphatic rings. The molecular weight excluding hydrogens is 692 g/mol. The number of fused-ring (bicyclic) bond motifs is 1. The van der Waals surface area contributed by atoms with Crippen LogP contribution in [0.25, 0.3) is 11.3 Å². The van der Waals surface area contributed by atoms with Crippen molar-refractivity contribution in [1.82, 2.24) is 23.9 Å². The van der Waals surface area contributed by atoms with Crippen LogP contribution in [0.4, 0.5) is 18.9 Å². The lowest BCUT2D eigenvalue weighted by molar-refractivity contribution is -0.139. The monoisotopic (exact) mass is 733 g/mol. The number of para-hydroxylation sites is 1. The number of aliphatic hydroxyl groups is 1. The smallest absolute Gasteiger partial charge is 0.390 e. The molecule has 1 unspecified atom stereocenters. The molecule has 270 valence electrons. The van der Waals surface area contributed by atoms with Crippen LogP contribution >= 0.6 is 11.8 Å². The topological polar surface area (TPSA) is 118 Å². The fourth-order valence-electron chi connectivity index (χ4n) is 6.84. The molecule has 3 aliphatic heterocycles. The van der Waals surface area contributed by atoms with Crippen molar-refractivity contribution < 1.29 is 31.4 Å². The summed E-state index contributed by atoms with van der Waals surface area (Å²) in [6, 6.07) is 13.7. The van der Waals surface area contributed by atoms with E-state index in [2.05, 4.69) is 20.8 Å². The Bertz CT molecular complexity index is 1800. The molecule has 3 aromatic rings. The number of benzene rings is 2. The number of sulfonamides is 1. The number of hydrogen-bond acceptors (Lipinski definition) is 10. The molecule has 0 spiro atoms. The second-order valence-electron chi connectivity index (χ2n) is 12.9. The highest BCUT2D eigenvalue weighted by molar-refractivity contribution is 7.99. The number of rotatable bonds is 11. The maximum absolute atomic E-state index is 14.1. The average Bonchev–Trinajstić information content (AvgIpc) is 3.45. The summed E-state index contributed by atoms with van der Waals surface area (Å²) in [7, 11) is -3.53. The number of piperazine rings is 1. The second-order valence-corrected chi connectivity index (χ2v) is 16.0. The van der Waals surface area contributed by atoms with Crippen molar-refractivity contribution in [3.05, 3.63) is 64.8 Å². The summed E-state index contributed by atoms with van der Waals surface area (Å²) < 4.78 is 75.9. The maximum Gasteiger partial charge on any atom is 0.417 e. The van der Waals surface area contributed by atoms with Crippen molar-refractivity contribution in [3.8, 4) is 17.3 Å². The third-order valence-electron chi connectivity index (χ3n) is 9.49. The molecule has 2 fully saturated rings. The molecule has 11 nitrogen and oxygen atoms in total. The highest BCUT2D eigenvalue weighted by Gasteiger charge is 2.35. The number of β-amino-alcohol motifs (C(OH)–C–C–N with tert-alkyl or cyclic N) is 1. The quantitative estimate of drug-likeness (QED) is 0.294. The minimum absolute atomic E-state index is 0.0479. The van der Waals surface area contributed by atoms with Gasteiger partial charge in [0.05, 0.1) is 54.6 Å². The normalized spacial score (nSPS) is 18.9. The van der Waals surface area contributed by atoms with E-state index in [1.807, 2.05) is 18.2 Å². The fraction of sp³-hybridized carbons (Fsp3) is 0.529. The molecule has 0 amide bonds. The first-order chi connectivity index (χ1) is 23.9. The SMILES string of the molecule is CS(=O)(=O)N1CCc2c(c(-c3ccc(C(F)(F)F)c(SCCN4CCOCC4)c3)nn2CC(O)CN2CCN(c3ccccc3C#N)CC2)C1. The van der Waals surface area contributed by atoms with Crippen LogP contribution in [0.15, 0.2) is 47.4 Å². The largest absolute Gasteiger partial charge is 0.417 e. The zero-order chi connectivity index (χ0) is 35.5. The number of halogens is 3. The van der Waals surface area contributed by atoms with Gasteiger partial charge in [0.1, 0.15) is 6.07 Å². The lowest BCUT2D eigenvalue weighted by atomic mass is 10.0. The summed E-state index contributed by atoms with van der Waals surface area (Å²) in [5.41, 5.74) is 3.12. The molecule has 1 atom stereocenters. The number of nitriles is 1. The van der Waals surface area contributed by atoms with Crippen molar-refractivity contribution in [2.24, 2.45) is 0 Å². The van der Waals surface area contributed by atoms with Crippen LogP contribution in [0.2, 0.25) is 0 Å². The number of morpholine rings is 1. The maximum atomic E-state index is 14.1. The van der Waals surface area contributed by atoms with Gasteiger partial charge in [0, 0.05) is 99.3 Å². The Kier molecular flexibility index (Phi) is 11.4. The predicted octanol–water partition coefficient (Wildman–Crippen LogP) is 3.37. The summed E-state index contributed by atoms with van der Waals surface area (Å²) in [6.45, 7) is 6.95. The van der Waals surface area contributed by atoms with Gasteiger partial charge in [0.15, 0.2) is 0 Å². The van der Waals surface area contributed by atoms with Gasteiger partial charge in [-0.15, -0.1) is 11.8 Å². The number of hydrogen-bond donors (Lipinski definition) is 1. The Hall–Kier alpha value is -3.17. The highest BCUT2D eigenvalue weighted by Crippen LogP contribution is 2.40. The molecular formula is C34H42F3N7O4S2. The average molecular weight is 734 g/mol. The van der Waals surface area contributed by atoms with Crippen LogP contribution in [0, 0.1) is 11.3 Å². The number of aliphatic hydroxyl groups excluding tert-OH is 1. The summed E-state index contributed by atoms with van der Waals surface area (Å²) in [4.78, 5) is 6.60. The molecule has 6 rings (SSSR count). The summed E-state index contributed by atoms with van der Waals surface area (Å²) >= 11 is 1.15. The molecule has 2 saturated heterocycles. The molecule has 50 heavy (non-hydrogen) atoms. The van der Waals surface area contributed by atoms with Crippen molar-refractivity contribution in [3.63, 3.8) is 0 Å². The predicted molar refractivity (Wildman–Crippen MR) is 185 cm³/mol. The van der Waals surface area contributed by atoms with Gasteiger partial charge in [0.25, 0.3) is 0 Å². The van der Waals surface area contributed by atoms with Crippen molar-refractivity contribution >= 4 is 27.5 Å². The van der Waals surface area contributed by atoms with Crippen LogP contribution < -0.4 is 4.90 Å². The van der Waals surface area contributed by atoms with E-state index in [1.165, 1.54) is 16.4 Å². The molecule has 0 bridgehead atoms. The third kappa shape index (κ3) is 8.64. The number of aromatic nitrogens is 2. The zero-order valence-corrected chi connectivity index (χ0v) is 29.6.